The molecule has 0 amide bonds. The summed E-state index contributed by atoms with van der Waals surface area (Å²) in [6, 6.07) is 0. The molecule has 1 N–H and O–H groups in total. The minimum atomic E-state index is -2.35. The molecule has 0 heterocycles. The minimum Gasteiger partial charge on any atom is -0.234 e. The molecule has 0 aromatic carbocycles. The van der Waals surface area contributed by atoms with Crippen LogP contribution in [0.1, 0.15) is 0 Å². The number of hydrogen-bond donors (Lipinski definition) is 1. The lowest BCUT2D eigenvalue weighted by Crippen LogP contribution is -1.98. The van der Waals surface area contributed by atoms with Gasteiger partial charge in [0.25, 0.3) is 0 Å². The van der Waals surface area contributed by atoms with Gasteiger partial charge >= 0.3 is 0 Å². The molecule has 0 radical (unpaired) electrons. The number of rotatable bonds is 2. The van der Waals surface area contributed by atoms with Gasteiger partial charge in [-0.1, -0.05) is 0 Å². The molecule has 0 aromatic rings. The van der Waals surface area contributed by atoms with Crippen LogP contribution < -0.4 is 5.43 Å². The first-order valence-electron chi connectivity index (χ1n) is 1.26. The molecule has 0 atom stereocenters. The van der Waals surface area contributed by atoms with E-state index in [1.807, 2.05) is 5.29 Å². The second-order valence-corrected chi connectivity index (χ2v) is 1.36. The van der Waals surface area contributed by atoms with Crippen LogP contribution in [0.25, 0.3) is 0 Å². The van der Waals surface area contributed by atoms with Crippen LogP contribution in [-0.2, 0) is 10.3 Å². The van der Waals surface area contributed by atoms with Crippen LogP contribution in [-0.4, -0.2) is 13.9 Å². The molecule has 0 spiro atoms. The topological polar surface area (TPSA) is 75.6 Å². The van der Waals surface area contributed by atoms with Crippen molar-refractivity contribution in [1.29, 1.82) is 0 Å². The van der Waals surface area contributed by atoms with Crippen molar-refractivity contribution < 1.29 is 8.42 Å². The van der Waals surface area contributed by atoms with Crippen LogP contribution >= 0.6 is 0 Å². The Morgan fingerprint density at radius 3 is 2.29 bits per heavy atom. The highest BCUT2D eigenvalue weighted by Gasteiger charge is 1.64. The monoisotopic (exact) mass is 122 g/mol. The quantitative estimate of drug-likeness (QED) is 0.286. The summed E-state index contributed by atoms with van der Waals surface area (Å²) in [4.78, 5) is 9.04. The summed E-state index contributed by atoms with van der Waals surface area (Å²) in [7, 11) is -2.35. The van der Waals surface area contributed by atoms with E-state index in [4.69, 9.17) is 4.91 Å². The first-order chi connectivity index (χ1) is 3.27. The average molecular weight is 122 g/mol. The van der Waals surface area contributed by atoms with Crippen molar-refractivity contribution in [3.8, 4) is 0 Å². The Morgan fingerprint density at radius 1 is 1.57 bits per heavy atom. The maximum atomic E-state index is 9.44. The first kappa shape index (κ1) is 6.09. The number of nitrogens with one attached hydrogen (secondary N) is 1. The Labute approximate surface area is 40.8 Å². The van der Waals surface area contributed by atoms with Gasteiger partial charge in [0.1, 0.15) is 5.49 Å². The number of hydrogen-bond acceptors (Lipinski definition) is 4. The van der Waals surface area contributed by atoms with Gasteiger partial charge in [-0.2, -0.15) is 8.42 Å². The van der Waals surface area contributed by atoms with Crippen molar-refractivity contribution in [3.05, 3.63) is 4.91 Å². The van der Waals surface area contributed by atoms with Crippen LogP contribution in [0.4, 0.5) is 0 Å². The van der Waals surface area contributed by atoms with Gasteiger partial charge in [-0.3, -0.25) is 0 Å². The van der Waals surface area contributed by atoms with Crippen molar-refractivity contribution in [3.63, 3.8) is 0 Å². The standard InChI is InChI=1S/CH2N2O3S/c4-3-2-1-7(5)6/h1H,(H,2,4). The van der Waals surface area contributed by atoms with Gasteiger partial charge in [-0.15, -0.1) is 4.91 Å². The predicted octanol–water partition coefficient (Wildman–Crippen LogP) is -1.10. The third kappa shape index (κ3) is 5.09. The average Bonchev–Trinajstić information content (AvgIpc) is 1.61. The normalized spacial score (nSPS) is 6.86. The second kappa shape index (κ2) is 3.29. The molecule has 0 saturated heterocycles. The molecule has 0 aromatic heterocycles. The van der Waals surface area contributed by atoms with Crippen LogP contribution in [0.3, 0.4) is 0 Å². The summed E-state index contributed by atoms with van der Waals surface area (Å²) < 4.78 is 18.9. The zero-order valence-corrected chi connectivity index (χ0v) is 3.97. The van der Waals surface area contributed by atoms with Crippen molar-refractivity contribution >= 4 is 15.8 Å². The van der Waals surface area contributed by atoms with Gasteiger partial charge < -0.3 is 0 Å². The van der Waals surface area contributed by atoms with E-state index in [9.17, 15) is 8.42 Å². The Balaban J connectivity index is 3.71. The number of nitroso groups, excluding NO2 is 1. The molecule has 0 bridgehead atoms. The third-order valence-corrected chi connectivity index (χ3v) is 0.499. The van der Waals surface area contributed by atoms with Gasteiger partial charge in [0.05, 0.1) is 5.29 Å². The van der Waals surface area contributed by atoms with E-state index >= 15 is 0 Å². The maximum absolute atomic E-state index is 9.44. The van der Waals surface area contributed by atoms with Gasteiger partial charge in [0.15, 0.2) is 0 Å². The molecule has 0 saturated carbocycles. The second-order valence-electron chi connectivity index (χ2n) is 0.599. The molecule has 0 aliphatic carbocycles. The molecular weight excluding hydrogens is 120 g/mol. The van der Waals surface area contributed by atoms with Gasteiger partial charge in [0, 0.05) is 0 Å². The Morgan fingerprint density at radius 2 is 2.14 bits per heavy atom. The first-order valence-corrected chi connectivity index (χ1v) is 2.40. The zero-order valence-electron chi connectivity index (χ0n) is 3.16. The Hall–Kier alpha value is -0.910. The highest BCUT2D eigenvalue weighted by molar-refractivity contribution is 7.71. The lowest BCUT2D eigenvalue weighted by atomic mass is 11.5. The van der Waals surface area contributed by atoms with E-state index in [0.717, 1.165) is 0 Å². The molecule has 0 aliphatic heterocycles. The van der Waals surface area contributed by atoms with Gasteiger partial charge in [0.2, 0.25) is 10.3 Å². The SMILES string of the molecule is O=NNC=S(=O)=O. The van der Waals surface area contributed by atoms with Crippen LogP contribution in [0.15, 0.2) is 5.29 Å². The molecular formula is CH2N2O3S. The van der Waals surface area contributed by atoms with E-state index in [0.29, 0.717) is 5.49 Å². The van der Waals surface area contributed by atoms with Crippen molar-refractivity contribution in [2.75, 3.05) is 0 Å². The maximum Gasteiger partial charge on any atom is 0.232 e. The zero-order chi connectivity index (χ0) is 5.70. The Kier molecular flexibility index (Phi) is 2.86. The summed E-state index contributed by atoms with van der Waals surface area (Å²) in [6.07, 6.45) is 0. The summed E-state index contributed by atoms with van der Waals surface area (Å²) >= 11 is 0. The molecule has 0 aliphatic rings. The molecule has 0 unspecified atom stereocenters. The fraction of sp³-hybridized carbons (Fsp3) is 0. The highest BCUT2D eigenvalue weighted by Crippen LogP contribution is 1.40. The third-order valence-electron chi connectivity index (χ3n) is 0.202. The van der Waals surface area contributed by atoms with Crippen LogP contribution in [0.2, 0.25) is 0 Å². The van der Waals surface area contributed by atoms with Crippen molar-refractivity contribution in [2.45, 2.75) is 0 Å². The number of nitrogens with zero attached hydrogens (tertiary/aromatic N) is 1. The summed E-state index contributed by atoms with van der Waals surface area (Å²) in [5.74, 6) is 0. The van der Waals surface area contributed by atoms with Gasteiger partial charge in [-0.25, -0.2) is 5.43 Å². The van der Waals surface area contributed by atoms with Crippen LogP contribution in [0, 0.1) is 4.91 Å². The van der Waals surface area contributed by atoms with E-state index < -0.39 is 10.3 Å². The lowest BCUT2D eigenvalue weighted by Gasteiger charge is -1.66. The molecule has 0 rings (SSSR count). The summed E-state index contributed by atoms with van der Waals surface area (Å²) in [6.45, 7) is 0. The van der Waals surface area contributed by atoms with E-state index in [1.54, 1.807) is 5.43 Å². The summed E-state index contributed by atoms with van der Waals surface area (Å²) in [5.41, 5.74) is 2.11. The Bertz CT molecular complexity index is 159. The molecule has 7 heavy (non-hydrogen) atoms. The molecule has 6 heteroatoms. The lowest BCUT2D eigenvalue weighted by molar-refractivity contribution is 0.627. The fourth-order valence-electron chi connectivity index (χ4n) is 0.0645. The molecule has 5 nitrogen and oxygen atoms in total. The molecule has 40 valence electrons. The van der Waals surface area contributed by atoms with E-state index in [1.165, 1.54) is 0 Å². The van der Waals surface area contributed by atoms with Gasteiger partial charge in [-0.05, 0) is 0 Å². The predicted molar refractivity (Wildman–Crippen MR) is 23.9 cm³/mol. The van der Waals surface area contributed by atoms with E-state index in [2.05, 4.69) is 0 Å². The fourth-order valence-corrected chi connectivity index (χ4v) is 0.194. The summed E-state index contributed by atoms with van der Waals surface area (Å²) in [5, 5.41) is 2.03. The van der Waals surface area contributed by atoms with Crippen molar-refractivity contribution in [1.82, 2.24) is 5.43 Å². The van der Waals surface area contributed by atoms with E-state index in [-0.39, 0.29) is 0 Å². The smallest absolute Gasteiger partial charge is 0.232 e. The minimum absolute atomic E-state index is 0.535. The highest BCUT2D eigenvalue weighted by atomic mass is 32.2. The molecule has 0 fully saturated rings. The van der Waals surface area contributed by atoms with Crippen LogP contribution in [0.5, 0.6) is 0 Å². The largest absolute Gasteiger partial charge is 0.234 e. The van der Waals surface area contributed by atoms with Crippen molar-refractivity contribution in [2.24, 2.45) is 5.29 Å².